The van der Waals surface area contributed by atoms with E-state index in [1.807, 2.05) is 6.92 Å². The molecule has 0 unspecified atom stereocenters. The first kappa shape index (κ1) is 15.2. The number of nitrogens with zero attached hydrogens (tertiary/aromatic N) is 2. The van der Waals surface area contributed by atoms with Crippen LogP contribution in [0.2, 0.25) is 0 Å². The van der Waals surface area contributed by atoms with Gasteiger partial charge in [-0.15, -0.1) is 0 Å². The minimum atomic E-state index is 0.542. The molecule has 3 nitrogen and oxygen atoms in total. The highest BCUT2D eigenvalue weighted by molar-refractivity contribution is 14.1. The number of anilines is 1. The van der Waals surface area contributed by atoms with E-state index in [4.69, 9.17) is 0 Å². The van der Waals surface area contributed by atoms with Gasteiger partial charge in [0.05, 0.1) is 9.26 Å². The van der Waals surface area contributed by atoms with Crippen molar-refractivity contribution in [3.8, 4) is 11.4 Å². The van der Waals surface area contributed by atoms with Gasteiger partial charge in [-0.3, -0.25) is 0 Å². The number of nitrogens with one attached hydrogen (secondary N) is 1. The van der Waals surface area contributed by atoms with Crippen LogP contribution in [0.4, 0.5) is 5.82 Å². The monoisotopic (exact) mass is 381 g/mol. The third kappa shape index (κ3) is 3.29. The van der Waals surface area contributed by atoms with E-state index in [0.717, 1.165) is 33.0 Å². The van der Waals surface area contributed by atoms with Crippen molar-refractivity contribution in [1.29, 1.82) is 0 Å². The van der Waals surface area contributed by atoms with Crippen molar-refractivity contribution < 1.29 is 0 Å². The molecular formula is C16H20IN3. The Morgan fingerprint density at radius 3 is 2.35 bits per heavy atom. The van der Waals surface area contributed by atoms with E-state index in [0.29, 0.717) is 5.92 Å². The van der Waals surface area contributed by atoms with Gasteiger partial charge < -0.3 is 5.32 Å². The van der Waals surface area contributed by atoms with Crippen LogP contribution >= 0.6 is 22.6 Å². The Bertz CT molecular complexity index is 591. The minimum Gasteiger partial charge on any atom is -0.369 e. The van der Waals surface area contributed by atoms with E-state index >= 15 is 0 Å². The van der Waals surface area contributed by atoms with E-state index < -0.39 is 0 Å². The van der Waals surface area contributed by atoms with Gasteiger partial charge in [0.1, 0.15) is 5.82 Å². The van der Waals surface area contributed by atoms with Crippen LogP contribution in [-0.4, -0.2) is 16.5 Å². The Morgan fingerprint density at radius 2 is 1.80 bits per heavy atom. The van der Waals surface area contributed by atoms with Crippen LogP contribution in [0.3, 0.4) is 0 Å². The molecule has 0 radical (unpaired) electrons. The number of rotatable bonds is 4. The van der Waals surface area contributed by atoms with Crippen molar-refractivity contribution in [2.75, 3.05) is 11.9 Å². The summed E-state index contributed by atoms with van der Waals surface area (Å²) < 4.78 is 1.09. The third-order valence-corrected chi connectivity index (χ3v) is 4.49. The molecule has 2 aromatic rings. The zero-order chi connectivity index (χ0) is 14.7. The third-order valence-electron chi connectivity index (χ3n) is 3.20. The summed E-state index contributed by atoms with van der Waals surface area (Å²) in [5.41, 5.74) is 3.41. The van der Waals surface area contributed by atoms with Gasteiger partial charge in [0.25, 0.3) is 0 Å². The first-order chi connectivity index (χ1) is 9.52. The summed E-state index contributed by atoms with van der Waals surface area (Å²) in [6, 6.07) is 8.52. The van der Waals surface area contributed by atoms with Crippen LogP contribution in [0.1, 0.15) is 37.9 Å². The van der Waals surface area contributed by atoms with E-state index in [1.165, 1.54) is 5.56 Å². The lowest BCUT2D eigenvalue weighted by atomic mass is 10.0. The lowest BCUT2D eigenvalue weighted by Gasteiger charge is -2.11. The molecule has 0 atom stereocenters. The lowest BCUT2D eigenvalue weighted by molar-refractivity contribution is 0.867. The van der Waals surface area contributed by atoms with Gasteiger partial charge in [0.15, 0.2) is 5.82 Å². The van der Waals surface area contributed by atoms with Gasteiger partial charge in [-0.2, -0.15) is 0 Å². The molecule has 0 amide bonds. The minimum absolute atomic E-state index is 0.542. The molecule has 1 N–H and O–H groups in total. The molecule has 4 heteroatoms. The fraction of sp³-hybridized carbons (Fsp3) is 0.375. The number of aryl methyl sites for hydroxylation is 1. The molecule has 0 saturated heterocycles. The Hall–Kier alpha value is -1.17. The van der Waals surface area contributed by atoms with Crippen molar-refractivity contribution in [2.24, 2.45) is 0 Å². The number of aromatic nitrogens is 2. The van der Waals surface area contributed by atoms with Crippen LogP contribution in [0, 0.1) is 10.5 Å². The molecule has 0 fully saturated rings. The second-order valence-electron chi connectivity index (χ2n) is 5.10. The fourth-order valence-electron chi connectivity index (χ4n) is 1.99. The first-order valence-electron chi connectivity index (χ1n) is 6.91. The average Bonchev–Trinajstić information content (AvgIpc) is 2.44. The Balaban J connectivity index is 2.41. The van der Waals surface area contributed by atoms with Crippen molar-refractivity contribution in [3.63, 3.8) is 0 Å². The van der Waals surface area contributed by atoms with Crippen molar-refractivity contribution in [2.45, 2.75) is 33.6 Å². The molecule has 106 valence electrons. The molecule has 0 spiro atoms. The molecule has 0 aliphatic carbocycles. The van der Waals surface area contributed by atoms with Crippen molar-refractivity contribution >= 4 is 28.4 Å². The number of halogens is 1. The predicted octanol–water partition coefficient (Wildman–Crippen LogP) is 4.61. The van der Waals surface area contributed by atoms with E-state index in [-0.39, 0.29) is 0 Å². The summed E-state index contributed by atoms with van der Waals surface area (Å²) in [4.78, 5) is 9.24. The molecule has 1 heterocycles. The van der Waals surface area contributed by atoms with Crippen molar-refractivity contribution in [1.82, 2.24) is 9.97 Å². The summed E-state index contributed by atoms with van der Waals surface area (Å²) in [5, 5.41) is 3.30. The summed E-state index contributed by atoms with van der Waals surface area (Å²) in [6.45, 7) is 9.35. The Morgan fingerprint density at radius 1 is 1.15 bits per heavy atom. The molecular weight excluding hydrogens is 361 g/mol. The van der Waals surface area contributed by atoms with Gasteiger partial charge >= 0.3 is 0 Å². The summed E-state index contributed by atoms with van der Waals surface area (Å²) in [5.74, 6) is 2.25. The highest BCUT2D eigenvalue weighted by atomic mass is 127. The van der Waals surface area contributed by atoms with Gasteiger partial charge in [0, 0.05) is 12.1 Å². The Labute approximate surface area is 134 Å². The molecule has 0 bridgehead atoms. The standard InChI is InChI=1S/C16H20IN3/c1-5-18-16-14(17)11(4)19-15(20-16)13-8-6-12(7-9-13)10(2)3/h6-10H,5H2,1-4H3,(H,18,19,20). The number of hydrogen-bond donors (Lipinski definition) is 1. The average molecular weight is 381 g/mol. The lowest BCUT2D eigenvalue weighted by Crippen LogP contribution is -2.06. The highest BCUT2D eigenvalue weighted by Crippen LogP contribution is 2.25. The second-order valence-corrected chi connectivity index (χ2v) is 6.18. The summed E-state index contributed by atoms with van der Waals surface area (Å²) in [6.07, 6.45) is 0. The topological polar surface area (TPSA) is 37.8 Å². The van der Waals surface area contributed by atoms with Crippen LogP contribution in [0.5, 0.6) is 0 Å². The highest BCUT2D eigenvalue weighted by Gasteiger charge is 2.10. The molecule has 1 aromatic heterocycles. The fourth-order valence-corrected chi connectivity index (χ4v) is 2.42. The van der Waals surface area contributed by atoms with Gasteiger partial charge in [-0.1, -0.05) is 38.1 Å². The zero-order valence-electron chi connectivity index (χ0n) is 12.4. The summed E-state index contributed by atoms with van der Waals surface area (Å²) >= 11 is 2.29. The number of benzene rings is 1. The molecule has 0 saturated carbocycles. The van der Waals surface area contributed by atoms with E-state index in [2.05, 4.69) is 82.9 Å². The predicted molar refractivity (Wildman–Crippen MR) is 93.2 cm³/mol. The largest absolute Gasteiger partial charge is 0.369 e. The summed E-state index contributed by atoms with van der Waals surface area (Å²) in [7, 11) is 0. The second kappa shape index (κ2) is 6.52. The zero-order valence-corrected chi connectivity index (χ0v) is 14.5. The van der Waals surface area contributed by atoms with E-state index in [9.17, 15) is 0 Å². The van der Waals surface area contributed by atoms with Crippen LogP contribution < -0.4 is 5.32 Å². The maximum absolute atomic E-state index is 4.64. The number of hydrogen-bond acceptors (Lipinski definition) is 3. The molecule has 1 aromatic carbocycles. The van der Waals surface area contributed by atoms with E-state index in [1.54, 1.807) is 0 Å². The van der Waals surface area contributed by atoms with Gasteiger partial charge in [-0.25, -0.2) is 9.97 Å². The quantitative estimate of drug-likeness (QED) is 0.786. The molecule has 20 heavy (non-hydrogen) atoms. The first-order valence-corrected chi connectivity index (χ1v) is 7.99. The SMILES string of the molecule is CCNc1nc(-c2ccc(C(C)C)cc2)nc(C)c1I. The smallest absolute Gasteiger partial charge is 0.161 e. The maximum atomic E-state index is 4.64. The van der Waals surface area contributed by atoms with Crippen LogP contribution in [0.25, 0.3) is 11.4 Å². The van der Waals surface area contributed by atoms with Crippen LogP contribution in [-0.2, 0) is 0 Å². The molecule has 2 rings (SSSR count). The molecule has 0 aliphatic heterocycles. The van der Waals surface area contributed by atoms with Crippen LogP contribution in [0.15, 0.2) is 24.3 Å². The van der Waals surface area contributed by atoms with Gasteiger partial charge in [-0.05, 0) is 47.9 Å². The Kier molecular flexibility index (Phi) is 4.96. The van der Waals surface area contributed by atoms with Crippen molar-refractivity contribution in [3.05, 3.63) is 39.1 Å². The maximum Gasteiger partial charge on any atom is 0.161 e. The normalized spacial score (nSPS) is 10.9. The van der Waals surface area contributed by atoms with Gasteiger partial charge in [0.2, 0.25) is 0 Å². The molecule has 0 aliphatic rings.